The average molecular weight is 223 g/mol. The molecule has 2 unspecified atom stereocenters. The van der Waals surface area contributed by atoms with Crippen molar-refractivity contribution in [1.29, 1.82) is 5.26 Å². The molecule has 1 rings (SSSR count). The molecule has 92 valence electrons. The van der Waals surface area contributed by atoms with Gasteiger partial charge in [0, 0.05) is 12.6 Å². The van der Waals surface area contributed by atoms with Crippen molar-refractivity contribution in [3.8, 4) is 6.07 Å². The number of hydrogen-bond donors (Lipinski definition) is 1. The Morgan fingerprint density at radius 3 is 2.31 bits per heavy atom. The lowest BCUT2D eigenvalue weighted by Gasteiger charge is -2.35. The highest BCUT2D eigenvalue weighted by molar-refractivity contribution is 5.16. The third-order valence-corrected chi connectivity index (χ3v) is 4.08. The molecule has 0 aromatic rings. The standard InChI is InChI=1S/C13H25N3/c1-10(2)11(3)16(5)9-13(8-14,15-4)12-6-7-12/h10-12,15H,6-7,9H2,1-5H3. The van der Waals surface area contributed by atoms with Crippen LogP contribution < -0.4 is 5.32 Å². The van der Waals surface area contributed by atoms with Crippen LogP contribution in [0.5, 0.6) is 0 Å². The van der Waals surface area contributed by atoms with Gasteiger partial charge in [-0.2, -0.15) is 5.26 Å². The summed E-state index contributed by atoms with van der Waals surface area (Å²) < 4.78 is 0. The maximum Gasteiger partial charge on any atom is 0.122 e. The van der Waals surface area contributed by atoms with E-state index in [1.54, 1.807) is 0 Å². The maximum absolute atomic E-state index is 9.42. The second-order valence-electron chi connectivity index (χ2n) is 5.51. The van der Waals surface area contributed by atoms with E-state index in [4.69, 9.17) is 0 Å². The Bertz CT molecular complexity index is 265. The minimum Gasteiger partial charge on any atom is -0.301 e. The summed E-state index contributed by atoms with van der Waals surface area (Å²) >= 11 is 0. The minimum absolute atomic E-state index is 0.335. The number of nitrogens with zero attached hydrogens (tertiary/aromatic N) is 2. The number of likely N-dealkylation sites (N-methyl/N-ethyl adjacent to an activating group) is 2. The Morgan fingerprint density at radius 2 is 2.00 bits per heavy atom. The van der Waals surface area contributed by atoms with Crippen molar-refractivity contribution >= 4 is 0 Å². The zero-order chi connectivity index (χ0) is 12.3. The van der Waals surface area contributed by atoms with Crippen molar-refractivity contribution in [2.24, 2.45) is 11.8 Å². The van der Waals surface area contributed by atoms with E-state index in [0.717, 1.165) is 6.54 Å². The van der Waals surface area contributed by atoms with Gasteiger partial charge < -0.3 is 10.2 Å². The Morgan fingerprint density at radius 1 is 1.44 bits per heavy atom. The molecule has 2 atom stereocenters. The number of rotatable bonds is 6. The number of nitrogens with one attached hydrogen (secondary N) is 1. The van der Waals surface area contributed by atoms with Gasteiger partial charge in [0.15, 0.2) is 0 Å². The molecular formula is C13H25N3. The summed E-state index contributed by atoms with van der Waals surface area (Å²) in [5.74, 6) is 1.17. The summed E-state index contributed by atoms with van der Waals surface area (Å²) in [5, 5.41) is 12.7. The van der Waals surface area contributed by atoms with Gasteiger partial charge in [0.2, 0.25) is 0 Å². The molecule has 0 saturated heterocycles. The van der Waals surface area contributed by atoms with Gasteiger partial charge in [0.25, 0.3) is 0 Å². The van der Waals surface area contributed by atoms with E-state index in [0.29, 0.717) is 17.9 Å². The molecule has 1 fully saturated rings. The van der Waals surface area contributed by atoms with Crippen molar-refractivity contribution < 1.29 is 0 Å². The minimum atomic E-state index is -0.335. The topological polar surface area (TPSA) is 39.1 Å². The van der Waals surface area contributed by atoms with Crippen LogP contribution >= 0.6 is 0 Å². The molecule has 3 heteroatoms. The molecule has 0 spiro atoms. The molecule has 1 N–H and O–H groups in total. The van der Waals surface area contributed by atoms with Gasteiger partial charge in [-0.3, -0.25) is 0 Å². The Labute approximate surface area is 99.8 Å². The summed E-state index contributed by atoms with van der Waals surface area (Å²) in [6.07, 6.45) is 2.39. The lowest BCUT2D eigenvalue weighted by molar-refractivity contribution is 0.160. The fourth-order valence-corrected chi connectivity index (χ4v) is 2.22. The first kappa shape index (κ1) is 13.5. The van der Waals surface area contributed by atoms with E-state index in [1.807, 2.05) is 7.05 Å². The largest absolute Gasteiger partial charge is 0.301 e. The van der Waals surface area contributed by atoms with E-state index in [-0.39, 0.29) is 5.54 Å². The Kier molecular flexibility index (Phi) is 4.35. The van der Waals surface area contributed by atoms with Crippen LogP contribution in [-0.2, 0) is 0 Å². The maximum atomic E-state index is 9.42. The molecule has 1 saturated carbocycles. The molecule has 1 aliphatic rings. The van der Waals surface area contributed by atoms with E-state index in [2.05, 4.69) is 44.1 Å². The zero-order valence-electron chi connectivity index (χ0n) is 11.2. The van der Waals surface area contributed by atoms with Crippen LogP contribution in [0.4, 0.5) is 0 Å². The van der Waals surface area contributed by atoms with Crippen LogP contribution in [0, 0.1) is 23.2 Å². The normalized spacial score (nSPS) is 21.9. The SMILES string of the molecule is CNC(C#N)(CN(C)C(C)C(C)C)C1CC1. The van der Waals surface area contributed by atoms with E-state index >= 15 is 0 Å². The summed E-state index contributed by atoms with van der Waals surface area (Å²) in [6.45, 7) is 7.51. The van der Waals surface area contributed by atoms with Gasteiger partial charge in [-0.05, 0) is 45.7 Å². The van der Waals surface area contributed by atoms with Crippen LogP contribution in [0.2, 0.25) is 0 Å². The van der Waals surface area contributed by atoms with Crippen LogP contribution in [-0.4, -0.2) is 37.1 Å². The first-order valence-corrected chi connectivity index (χ1v) is 6.27. The monoisotopic (exact) mass is 223 g/mol. The van der Waals surface area contributed by atoms with Gasteiger partial charge in [-0.1, -0.05) is 13.8 Å². The molecule has 0 amide bonds. The Hall–Kier alpha value is -0.590. The van der Waals surface area contributed by atoms with Crippen LogP contribution in [0.15, 0.2) is 0 Å². The van der Waals surface area contributed by atoms with E-state index < -0.39 is 0 Å². The van der Waals surface area contributed by atoms with Crippen LogP contribution in [0.1, 0.15) is 33.6 Å². The average Bonchev–Trinajstić information content (AvgIpc) is 3.08. The van der Waals surface area contributed by atoms with E-state index in [1.165, 1.54) is 12.8 Å². The van der Waals surface area contributed by atoms with Crippen LogP contribution in [0.25, 0.3) is 0 Å². The summed E-state index contributed by atoms with van der Waals surface area (Å²) in [4.78, 5) is 2.31. The highest BCUT2D eigenvalue weighted by atomic mass is 15.2. The molecule has 1 aliphatic carbocycles. The van der Waals surface area contributed by atoms with Gasteiger partial charge in [-0.15, -0.1) is 0 Å². The highest BCUT2D eigenvalue weighted by Crippen LogP contribution is 2.39. The second kappa shape index (κ2) is 5.16. The van der Waals surface area contributed by atoms with Crippen molar-refractivity contribution in [3.05, 3.63) is 0 Å². The summed E-state index contributed by atoms with van der Waals surface area (Å²) in [6, 6.07) is 3.01. The molecule has 0 bridgehead atoms. The lowest BCUT2D eigenvalue weighted by Crippen LogP contribution is -2.54. The van der Waals surface area contributed by atoms with Gasteiger partial charge >= 0.3 is 0 Å². The van der Waals surface area contributed by atoms with Gasteiger partial charge in [0.1, 0.15) is 5.54 Å². The summed E-state index contributed by atoms with van der Waals surface area (Å²) in [5.41, 5.74) is -0.335. The number of nitriles is 1. The first-order valence-electron chi connectivity index (χ1n) is 6.27. The third kappa shape index (κ3) is 2.75. The van der Waals surface area contributed by atoms with Crippen molar-refractivity contribution in [3.63, 3.8) is 0 Å². The molecule has 0 aliphatic heterocycles. The first-order chi connectivity index (χ1) is 7.46. The molecule has 0 aromatic carbocycles. The van der Waals surface area contributed by atoms with Crippen LogP contribution in [0.3, 0.4) is 0 Å². The predicted molar refractivity (Wildman–Crippen MR) is 67.1 cm³/mol. The smallest absolute Gasteiger partial charge is 0.122 e. The molecule has 0 radical (unpaired) electrons. The molecule has 0 heterocycles. The highest BCUT2D eigenvalue weighted by Gasteiger charge is 2.45. The lowest BCUT2D eigenvalue weighted by atomic mass is 9.93. The van der Waals surface area contributed by atoms with Gasteiger partial charge in [0.05, 0.1) is 6.07 Å². The predicted octanol–water partition coefficient (Wildman–Crippen LogP) is 1.85. The molecule has 0 aromatic heterocycles. The fourth-order valence-electron chi connectivity index (χ4n) is 2.22. The third-order valence-electron chi connectivity index (χ3n) is 4.08. The van der Waals surface area contributed by atoms with Gasteiger partial charge in [-0.25, -0.2) is 0 Å². The molecule has 16 heavy (non-hydrogen) atoms. The number of hydrogen-bond acceptors (Lipinski definition) is 3. The quantitative estimate of drug-likeness (QED) is 0.747. The summed E-state index contributed by atoms with van der Waals surface area (Å²) in [7, 11) is 4.03. The molecule has 3 nitrogen and oxygen atoms in total. The molecular weight excluding hydrogens is 198 g/mol. The zero-order valence-corrected chi connectivity index (χ0v) is 11.2. The van der Waals surface area contributed by atoms with Crippen molar-refractivity contribution in [2.45, 2.75) is 45.2 Å². The Balaban J connectivity index is 2.65. The fraction of sp³-hybridized carbons (Fsp3) is 0.923. The van der Waals surface area contributed by atoms with Crippen molar-refractivity contribution in [1.82, 2.24) is 10.2 Å². The second-order valence-corrected chi connectivity index (χ2v) is 5.51. The van der Waals surface area contributed by atoms with Crippen molar-refractivity contribution in [2.75, 3.05) is 20.6 Å². The van der Waals surface area contributed by atoms with E-state index in [9.17, 15) is 5.26 Å².